The molecule has 1 saturated heterocycles. The van der Waals surface area contributed by atoms with Gasteiger partial charge < -0.3 is 15.1 Å². The SMILES string of the molecule is CN(C)C1CCN(c2ncnc3c2CNCC3)C1. The highest BCUT2D eigenvalue weighted by Crippen LogP contribution is 2.26. The van der Waals surface area contributed by atoms with E-state index in [1.807, 2.05) is 0 Å². The largest absolute Gasteiger partial charge is 0.355 e. The van der Waals surface area contributed by atoms with E-state index in [4.69, 9.17) is 0 Å². The molecule has 3 heterocycles. The van der Waals surface area contributed by atoms with E-state index in [0.29, 0.717) is 6.04 Å². The zero-order valence-electron chi connectivity index (χ0n) is 11.2. The molecule has 1 aromatic heterocycles. The molecule has 0 spiro atoms. The average molecular weight is 247 g/mol. The highest BCUT2D eigenvalue weighted by atomic mass is 15.3. The second kappa shape index (κ2) is 4.82. The number of aromatic nitrogens is 2. The third kappa shape index (κ3) is 2.08. The maximum absolute atomic E-state index is 4.52. The first-order chi connectivity index (χ1) is 8.75. The molecule has 98 valence electrons. The molecule has 1 atom stereocenters. The van der Waals surface area contributed by atoms with Crippen molar-refractivity contribution in [3.05, 3.63) is 17.6 Å². The Morgan fingerprint density at radius 2 is 2.28 bits per heavy atom. The number of rotatable bonds is 2. The fraction of sp³-hybridized carbons (Fsp3) is 0.692. The van der Waals surface area contributed by atoms with Crippen molar-refractivity contribution in [1.82, 2.24) is 20.2 Å². The maximum Gasteiger partial charge on any atom is 0.136 e. The fourth-order valence-electron chi connectivity index (χ4n) is 2.88. The summed E-state index contributed by atoms with van der Waals surface area (Å²) in [6.07, 6.45) is 3.97. The minimum Gasteiger partial charge on any atom is -0.355 e. The molecule has 1 fully saturated rings. The van der Waals surface area contributed by atoms with Crippen LogP contribution in [0.15, 0.2) is 6.33 Å². The molecule has 1 N–H and O–H groups in total. The predicted molar refractivity (Wildman–Crippen MR) is 71.7 cm³/mol. The van der Waals surface area contributed by atoms with Gasteiger partial charge in [0, 0.05) is 44.2 Å². The van der Waals surface area contributed by atoms with Gasteiger partial charge in [-0.3, -0.25) is 0 Å². The van der Waals surface area contributed by atoms with Crippen molar-refractivity contribution in [1.29, 1.82) is 0 Å². The Balaban J connectivity index is 1.85. The Morgan fingerprint density at radius 3 is 3.06 bits per heavy atom. The van der Waals surface area contributed by atoms with E-state index < -0.39 is 0 Å². The van der Waals surface area contributed by atoms with Gasteiger partial charge in [-0.15, -0.1) is 0 Å². The Kier molecular flexibility index (Phi) is 3.18. The van der Waals surface area contributed by atoms with E-state index in [9.17, 15) is 0 Å². The van der Waals surface area contributed by atoms with Crippen LogP contribution in [0.3, 0.4) is 0 Å². The van der Waals surface area contributed by atoms with Crippen LogP contribution < -0.4 is 10.2 Å². The van der Waals surface area contributed by atoms with Crippen molar-refractivity contribution in [2.75, 3.05) is 38.6 Å². The van der Waals surface area contributed by atoms with Gasteiger partial charge in [0.05, 0.1) is 5.69 Å². The smallest absolute Gasteiger partial charge is 0.136 e. The molecule has 2 aliphatic heterocycles. The van der Waals surface area contributed by atoms with Crippen molar-refractivity contribution in [3.8, 4) is 0 Å². The van der Waals surface area contributed by atoms with Crippen molar-refractivity contribution >= 4 is 5.82 Å². The average Bonchev–Trinajstić information content (AvgIpc) is 2.87. The Hall–Kier alpha value is -1.20. The monoisotopic (exact) mass is 247 g/mol. The number of nitrogens with one attached hydrogen (secondary N) is 1. The molecule has 1 unspecified atom stereocenters. The lowest BCUT2D eigenvalue weighted by molar-refractivity contribution is 0.315. The van der Waals surface area contributed by atoms with Crippen LogP contribution in [0.25, 0.3) is 0 Å². The normalized spacial score (nSPS) is 23.5. The Bertz CT molecular complexity index is 431. The lowest BCUT2D eigenvalue weighted by Crippen LogP contribution is -2.33. The number of hydrogen-bond donors (Lipinski definition) is 1. The Labute approximate surface area is 108 Å². The summed E-state index contributed by atoms with van der Waals surface area (Å²) in [5.74, 6) is 1.15. The van der Waals surface area contributed by atoms with E-state index >= 15 is 0 Å². The molecule has 0 radical (unpaired) electrons. The van der Waals surface area contributed by atoms with Gasteiger partial charge in [-0.2, -0.15) is 0 Å². The quantitative estimate of drug-likeness (QED) is 0.812. The summed E-state index contributed by atoms with van der Waals surface area (Å²) in [5, 5.41) is 3.42. The van der Waals surface area contributed by atoms with Crippen LogP contribution >= 0.6 is 0 Å². The number of fused-ring (bicyclic) bond motifs is 1. The summed E-state index contributed by atoms with van der Waals surface area (Å²) in [5.41, 5.74) is 2.54. The molecule has 5 heteroatoms. The van der Waals surface area contributed by atoms with Gasteiger partial charge in [0.2, 0.25) is 0 Å². The van der Waals surface area contributed by atoms with Crippen LogP contribution in [0.1, 0.15) is 17.7 Å². The molecule has 5 nitrogen and oxygen atoms in total. The first-order valence-corrected chi connectivity index (χ1v) is 6.70. The highest BCUT2D eigenvalue weighted by molar-refractivity contribution is 5.50. The second-order valence-electron chi connectivity index (χ2n) is 5.40. The van der Waals surface area contributed by atoms with Crippen molar-refractivity contribution < 1.29 is 0 Å². The first-order valence-electron chi connectivity index (χ1n) is 6.70. The van der Waals surface area contributed by atoms with Crippen molar-refractivity contribution in [3.63, 3.8) is 0 Å². The molecule has 2 aliphatic rings. The molecule has 1 aromatic rings. The lowest BCUT2D eigenvalue weighted by Gasteiger charge is -2.25. The summed E-state index contributed by atoms with van der Waals surface area (Å²) < 4.78 is 0. The van der Waals surface area contributed by atoms with Crippen LogP contribution in [0.4, 0.5) is 5.82 Å². The molecule has 0 amide bonds. The molecule has 3 rings (SSSR count). The molecular formula is C13H21N5. The van der Waals surface area contributed by atoms with Crippen LogP contribution in [0, 0.1) is 0 Å². The second-order valence-corrected chi connectivity index (χ2v) is 5.40. The van der Waals surface area contributed by atoms with Gasteiger partial charge in [-0.1, -0.05) is 0 Å². The van der Waals surface area contributed by atoms with E-state index in [1.165, 1.54) is 17.7 Å². The number of hydrogen-bond acceptors (Lipinski definition) is 5. The van der Waals surface area contributed by atoms with Crippen LogP contribution in [0.2, 0.25) is 0 Å². The standard InChI is InChI=1S/C13H21N5/c1-17(2)10-4-6-18(8-10)13-11-7-14-5-3-12(11)15-9-16-13/h9-10,14H,3-8H2,1-2H3. The molecule has 18 heavy (non-hydrogen) atoms. The molecule has 0 bridgehead atoms. The molecule has 0 aromatic carbocycles. The Morgan fingerprint density at radius 1 is 1.39 bits per heavy atom. The van der Waals surface area contributed by atoms with Gasteiger partial charge in [0.25, 0.3) is 0 Å². The first kappa shape index (κ1) is 11.9. The molecule has 0 aliphatic carbocycles. The van der Waals surface area contributed by atoms with E-state index in [-0.39, 0.29) is 0 Å². The topological polar surface area (TPSA) is 44.3 Å². The number of nitrogens with zero attached hydrogens (tertiary/aromatic N) is 4. The summed E-state index contributed by atoms with van der Waals surface area (Å²) in [6.45, 7) is 4.13. The van der Waals surface area contributed by atoms with Gasteiger partial charge >= 0.3 is 0 Å². The highest BCUT2D eigenvalue weighted by Gasteiger charge is 2.27. The zero-order chi connectivity index (χ0) is 12.5. The van der Waals surface area contributed by atoms with E-state index in [1.54, 1.807) is 6.33 Å². The molecular weight excluding hydrogens is 226 g/mol. The van der Waals surface area contributed by atoms with Gasteiger partial charge in [0.15, 0.2) is 0 Å². The number of likely N-dealkylation sites (N-methyl/N-ethyl adjacent to an activating group) is 1. The predicted octanol–water partition coefficient (Wildman–Crippen LogP) is 0.263. The summed E-state index contributed by atoms with van der Waals surface area (Å²) in [7, 11) is 4.32. The van der Waals surface area contributed by atoms with Crippen LogP contribution in [-0.4, -0.2) is 54.6 Å². The zero-order valence-corrected chi connectivity index (χ0v) is 11.2. The van der Waals surface area contributed by atoms with Crippen LogP contribution in [-0.2, 0) is 13.0 Å². The third-order valence-corrected chi connectivity index (χ3v) is 4.05. The molecule has 0 saturated carbocycles. The fourth-order valence-corrected chi connectivity index (χ4v) is 2.88. The van der Waals surface area contributed by atoms with Crippen molar-refractivity contribution in [2.24, 2.45) is 0 Å². The van der Waals surface area contributed by atoms with Gasteiger partial charge in [-0.05, 0) is 20.5 Å². The van der Waals surface area contributed by atoms with E-state index in [2.05, 4.69) is 39.2 Å². The summed E-state index contributed by atoms with van der Waals surface area (Å²) in [4.78, 5) is 13.7. The summed E-state index contributed by atoms with van der Waals surface area (Å²) >= 11 is 0. The van der Waals surface area contributed by atoms with Crippen molar-refractivity contribution in [2.45, 2.75) is 25.4 Å². The van der Waals surface area contributed by atoms with Crippen LogP contribution in [0.5, 0.6) is 0 Å². The summed E-state index contributed by atoms with van der Waals surface area (Å²) in [6, 6.07) is 0.646. The minimum absolute atomic E-state index is 0.646. The van der Waals surface area contributed by atoms with E-state index in [0.717, 1.165) is 38.4 Å². The van der Waals surface area contributed by atoms with Gasteiger partial charge in [-0.25, -0.2) is 9.97 Å². The van der Waals surface area contributed by atoms with Gasteiger partial charge in [0.1, 0.15) is 12.1 Å². The third-order valence-electron chi connectivity index (χ3n) is 4.05. The minimum atomic E-state index is 0.646. The lowest BCUT2D eigenvalue weighted by atomic mass is 10.1. The maximum atomic E-state index is 4.52. The number of anilines is 1.